The molecule has 0 amide bonds. The molecule has 0 atom stereocenters. The normalized spacial score (nSPS) is 10.8. The number of rotatable bonds is 5. The van der Waals surface area contributed by atoms with E-state index in [1.54, 1.807) is 6.07 Å². The van der Waals surface area contributed by atoms with Crippen LogP contribution in [-0.4, -0.2) is 23.3 Å². The van der Waals surface area contributed by atoms with Crippen LogP contribution in [0, 0.1) is 10.1 Å². The summed E-state index contributed by atoms with van der Waals surface area (Å²) < 4.78 is 0. The molecule has 0 bridgehead atoms. The number of anilines is 1. The predicted octanol–water partition coefficient (Wildman–Crippen LogP) is 3.03. The van der Waals surface area contributed by atoms with Crippen LogP contribution in [-0.2, 0) is 0 Å². The molecule has 0 aliphatic heterocycles. The summed E-state index contributed by atoms with van der Waals surface area (Å²) in [4.78, 5) is 23.2. The van der Waals surface area contributed by atoms with Gasteiger partial charge in [0.25, 0.3) is 5.69 Å². The van der Waals surface area contributed by atoms with Crippen molar-refractivity contribution in [3.05, 3.63) is 33.9 Å². The molecule has 5 heteroatoms. The van der Waals surface area contributed by atoms with E-state index in [0.717, 1.165) is 5.69 Å². The molecule has 0 fully saturated rings. The molecule has 0 aliphatic rings. The summed E-state index contributed by atoms with van der Waals surface area (Å²) in [5.41, 5.74) is 0.724. The van der Waals surface area contributed by atoms with E-state index in [2.05, 4.69) is 4.90 Å². The van der Waals surface area contributed by atoms with Gasteiger partial charge in [-0.15, -0.1) is 0 Å². The zero-order valence-electron chi connectivity index (χ0n) is 11.1. The Balaban J connectivity index is 3.30. The van der Waals surface area contributed by atoms with E-state index in [4.69, 9.17) is 0 Å². The second-order valence-electron chi connectivity index (χ2n) is 4.71. The third-order valence-corrected chi connectivity index (χ3v) is 2.75. The molecule has 0 aliphatic carbocycles. The summed E-state index contributed by atoms with van der Waals surface area (Å²) in [5.74, 6) is 0. The Morgan fingerprint density at radius 3 is 2.17 bits per heavy atom. The molecule has 0 unspecified atom stereocenters. The topological polar surface area (TPSA) is 63.5 Å². The number of nitro benzene ring substituents is 1. The zero-order valence-corrected chi connectivity index (χ0v) is 11.1. The highest BCUT2D eigenvalue weighted by Crippen LogP contribution is 2.27. The Morgan fingerprint density at radius 2 is 1.78 bits per heavy atom. The summed E-state index contributed by atoms with van der Waals surface area (Å²) in [6.45, 7) is 8.11. The fourth-order valence-corrected chi connectivity index (χ4v) is 2.14. The van der Waals surface area contributed by atoms with E-state index in [-0.39, 0.29) is 23.3 Å². The zero-order chi connectivity index (χ0) is 13.9. The average Bonchev–Trinajstić information content (AvgIpc) is 2.27. The van der Waals surface area contributed by atoms with Gasteiger partial charge in [0.2, 0.25) is 0 Å². The van der Waals surface area contributed by atoms with Crippen LogP contribution in [0.1, 0.15) is 38.1 Å². The highest BCUT2D eigenvalue weighted by atomic mass is 16.6. The van der Waals surface area contributed by atoms with Gasteiger partial charge in [-0.25, -0.2) is 0 Å². The van der Waals surface area contributed by atoms with Crippen molar-refractivity contribution in [3.63, 3.8) is 0 Å². The summed E-state index contributed by atoms with van der Waals surface area (Å²) in [6, 6.07) is 5.16. The maximum atomic E-state index is 10.9. The molecule has 1 rings (SSSR count). The summed E-state index contributed by atoms with van der Waals surface area (Å²) in [6.07, 6.45) is 0.511. The molecule has 1 aromatic rings. The molecule has 0 saturated carbocycles. The van der Waals surface area contributed by atoms with Gasteiger partial charge in [0.1, 0.15) is 0 Å². The Morgan fingerprint density at radius 1 is 1.22 bits per heavy atom. The SMILES string of the molecule is CC(C)N(c1ccc(C=O)c([N+](=O)[O-])c1)C(C)C. The standard InChI is InChI=1S/C13H18N2O3/c1-9(2)14(10(3)4)12-6-5-11(8-16)13(7-12)15(17)18/h5-10H,1-4H3. The van der Waals surface area contributed by atoms with E-state index in [9.17, 15) is 14.9 Å². The number of carbonyl (C=O) groups is 1. The van der Waals surface area contributed by atoms with Crippen LogP contribution in [0.2, 0.25) is 0 Å². The van der Waals surface area contributed by atoms with Crippen molar-refractivity contribution in [1.82, 2.24) is 0 Å². The third-order valence-electron chi connectivity index (χ3n) is 2.75. The average molecular weight is 250 g/mol. The largest absolute Gasteiger partial charge is 0.366 e. The summed E-state index contributed by atoms with van der Waals surface area (Å²) in [5, 5.41) is 10.9. The first kappa shape index (κ1) is 14.2. The van der Waals surface area contributed by atoms with Crippen LogP contribution < -0.4 is 4.90 Å². The monoisotopic (exact) mass is 250 g/mol. The molecule has 1 aromatic carbocycles. The van der Waals surface area contributed by atoms with Crippen LogP contribution in [0.5, 0.6) is 0 Å². The van der Waals surface area contributed by atoms with Crippen molar-refractivity contribution in [2.24, 2.45) is 0 Å². The molecule has 18 heavy (non-hydrogen) atoms. The van der Waals surface area contributed by atoms with Gasteiger partial charge in [0, 0.05) is 23.8 Å². The Hall–Kier alpha value is -1.91. The van der Waals surface area contributed by atoms with E-state index in [1.165, 1.54) is 12.1 Å². The number of nitro groups is 1. The fourth-order valence-electron chi connectivity index (χ4n) is 2.14. The maximum Gasteiger partial charge on any atom is 0.281 e. The molecule has 98 valence electrons. The lowest BCUT2D eigenvalue weighted by atomic mass is 10.1. The Labute approximate surface area is 107 Å². The van der Waals surface area contributed by atoms with Crippen LogP contribution >= 0.6 is 0 Å². The minimum atomic E-state index is -0.522. The number of aldehydes is 1. The van der Waals surface area contributed by atoms with E-state index in [0.29, 0.717) is 6.29 Å². The molecule has 0 spiro atoms. The quantitative estimate of drug-likeness (QED) is 0.457. The number of benzene rings is 1. The van der Waals surface area contributed by atoms with Gasteiger partial charge in [0.05, 0.1) is 10.5 Å². The second-order valence-corrected chi connectivity index (χ2v) is 4.71. The van der Waals surface area contributed by atoms with Gasteiger partial charge in [-0.2, -0.15) is 0 Å². The molecule has 5 nitrogen and oxygen atoms in total. The van der Waals surface area contributed by atoms with Gasteiger partial charge in [-0.1, -0.05) is 0 Å². The van der Waals surface area contributed by atoms with Crippen molar-refractivity contribution >= 4 is 17.7 Å². The molecule has 0 heterocycles. The smallest absolute Gasteiger partial charge is 0.281 e. The Kier molecular flexibility index (Phi) is 4.42. The number of carbonyl (C=O) groups excluding carboxylic acids is 1. The lowest BCUT2D eigenvalue weighted by Gasteiger charge is -2.33. The molecular weight excluding hydrogens is 232 g/mol. The van der Waals surface area contributed by atoms with Crippen LogP contribution in [0.4, 0.5) is 11.4 Å². The van der Waals surface area contributed by atoms with Gasteiger partial charge >= 0.3 is 0 Å². The summed E-state index contributed by atoms with van der Waals surface area (Å²) in [7, 11) is 0. The third kappa shape index (κ3) is 2.85. The van der Waals surface area contributed by atoms with Crippen molar-refractivity contribution in [2.45, 2.75) is 39.8 Å². The molecule has 0 saturated heterocycles. The van der Waals surface area contributed by atoms with Crippen LogP contribution in [0.3, 0.4) is 0 Å². The van der Waals surface area contributed by atoms with Crippen LogP contribution in [0.15, 0.2) is 18.2 Å². The fraction of sp³-hybridized carbons (Fsp3) is 0.462. The molecule has 0 N–H and O–H groups in total. The first-order valence-electron chi connectivity index (χ1n) is 5.90. The van der Waals surface area contributed by atoms with E-state index < -0.39 is 4.92 Å². The van der Waals surface area contributed by atoms with Gasteiger partial charge in [0.15, 0.2) is 6.29 Å². The molecule has 0 aromatic heterocycles. The highest BCUT2D eigenvalue weighted by molar-refractivity contribution is 5.83. The molecule has 0 radical (unpaired) electrons. The predicted molar refractivity (Wildman–Crippen MR) is 71.2 cm³/mol. The first-order chi connectivity index (χ1) is 8.38. The Bertz CT molecular complexity index is 448. The first-order valence-corrected chi connectivity index (χ1v) is 5.90. The minimum Gasteiger partial charge on any atom is -0.366 e. The molecular formula is C13H18N2O3. The minimum absolute atomic E-state index is 0.108. The van der Waals surface area contributed by atoms with Crippen molar-refractivity contribution in [3.8, 4) is 0 Å². The second kappa shape index (κ2) is 5.62. The van der Waals surface area contributed by atoms with Gasteiger partial charge < -0.3 is 4.90 Å². The van der Waals surface area contributed by atoms with Gasteiger partial charge in [-0.05, 0) is 39.8 Å². The lowest BCUT2D eigenvalue weighted by Crippen LogP contribution is -2.37. The summed E-state index contributed by atoms with van der Waals surface area (Å²) >= 11 is 0. The van der Waals surface area contributed by atoms with E-state index in [1.807, 2.05) is 27.7 Å². The van der Waals surface area contributed by atoms with Crippen molar-refractivity contribution in [2.75, 3.05) is 4.90 Å². The lowest BCUT2D eigenvalue weighted by molar-refractivity contribution is -0.385. The van der Waals surface area contributed by atoms with E-state index >= 15 is 0 Å². The van der Waals surface area contributed by atoms with Crippen molar-refractivity contribution in [1.29, 1.82) is 0 Å². The van der Waals surface area contributed by atoms with Crippen LogP contribution in [0.25, 0.3) is 0 Å². The highest BCUT2D eigenvalue weighted by Gasteiger charge is 2.19. The number of nitrogens with zero attached hydrogens (tertiary/aromatic N) is 2. The maximum absolute atomic E-state index is 10.9. The van der Waals surface area contributed by atoms with Gasteiger partial charge in [-0.3, -0.25) is 14.9 Å². The van der Waals surface area contributed by atoms with Crippen molar-refractivity contribution < 1.29 is 9.72 Å². The number of hydrogen-bond donors (Lipinski definition) is 0. The number of hydrogen-bond acceptors (Lipinski definition) is 4.